The predicted octanol–water partition coefficient (Wildman–Crippen LogP) is 1.54. The Morgan fingerprint density at radius 1 is 1.17 bits per heavy atom. The van der Waals surface area contributed by atoms with Gasteiger partial charge in [0, 0.05) is 43.8 Å². The van der Waals surface area contributed by atoms with Crippen LogP contribution < -0.4 is 4.72 Å². The van der Waals surface area contributed by atoms with E-state index in [0.717, 1.165) is 43.8 Å². The number of hydrogen-bond acceptors (Lipinski definition) is 8. The molecular formula is C23H30ClN5O5S2. The van der Waals surface area contributed by atoms with Crippen LogP contribution in [0.5, 0.6) is 0 Å². The van der Waals surface area contributed by atoms with E-state index in [-0.39, 0.29) is 28.7 Å². The quantitative estimate of drug-likeness (QED) is 0.551. The van der Waals surface area contributed by atoms with Crippen LogP contribution >= 0.6 is 22.9 Å². The number of halogens is 1. The third-order valence-electron chi connectivity index (χ3n) is 6.98. The molecule has 13 heteroatoms. The number of ether oxygens (including phenoxy) is 1. The Labute approximate surface area is 219 Å². The lowest BCUT2D eigenvalue weighted by Gasteiger charge is -2.35. The minimum absolute atomic E-state index is 0.0314. The molecule has 1 aromatic carbocycles. The number of morpholine rings is 1. The second-order valence-electron chi connectivity index (χ2n) is 9.46. The molecule has 1 N–H and O–H groups in total. The van der Waals surface area contributed by atoms with Gasteiger partial charge in [0.1, 0.15) is 6.04 Å². The topological polar surface area (TPSA) is 112 Å². The van der Waals surface area contributed by atoms with Gasteiger partial charge in [0.2, 0.25) is 16.2 Å². The van der Waals surface area contributed by atoms with Gasteiger partial charge in [-0.2, -0.15) is 4.72 Å². The van der Waals surface area contributed by atoms with E-state index in [1.54, 1.807) is 18.2 Å². The Bertz CT molecular complexity index is 1230. The average molecular weight is 556 g/mol. The summed E-state index contributed by atoms with van der Waals surface area (Å²) in [5, 5.41) is 0.470. The van der Waals surface area contributed by atoms with Crippen molar-refractivity contribution in [2.45, 2.75) is 42.1 Å². The maximum atomic E-state index is 13.2. The van der Waals surface area contributed by atoms with Crippen LogP contribution in [0.25, 0.3) is 10.2 Å². The smallest absolute Gasteiger partial charge is 0.268 e. The van der Waals surface area contributed by atoms with Crippen LogP contribution in [0, 0.1) is 0 Å². The van der Waals surface area contributed by atoms with Gasteiger partial charge in [-0.1, -0.05) is 11.6 Å². The number of benzene rings is 1. The van der Waals surface area contributed by atoms with E-state index >= 15 is 0 Å². The number of sulfonamides is 1. The minimum atomic E-state index is -4.00. The number of likely N-dealkylation sites (tertiary alicyclic amines) is 2. The molecule has 3 saturated heterocycles. The number of carbonyl (C=O) groups excluding carboxylic acids is 2. The SMILES string of the molecule is O=C1[C@@H](NS(=O)(=O)c2nc3cc(Cl)ccc3s2)CCCN1CC(=O)N1CCC[C@H]1CN1CCOCC1. The highest BCUT2D eigenvalue weighted by molar-refractivity contribution is 7.91. The number of nitrogens with one attached hydrogen (secondary N) is 1. The first-order chi connectivity index (χ1) is 17.3. The van der Waals surface area contributed by atoms with E-state index < -0.39 is 16.1 Å². The lowest BCUT2D eigenvalue weighted by atomic mass is 10.1. The molecule has 0 spiro atoms. The molecule has 0 radical (unpaired) electrons. The van der Waals surface area contributed by atoms with Gasteiger partial charge in [0.05, 0.1) is 30.0 Å². The van der Waals surface area contributed by atoms with Gasteiger partial charge in [-0.25, -0.2) is 13.4 Å². The summed E-state index contributed by atoms with van der Waals surface area (Å²) in [6.07, 6.45) is 2.89. The zero-order chi connectivity index (χ0) is 25.3. The first-order valence-electron chi connectivity index (χ1n) is 12.3. The third-order valence-corrected chi connectivity index (χ3v) is 10.1. The van der Waals surface area contributed by atoms with E-state index in [1.807, 2.05) is 4.90 Å². The summed E-state index contributed by atoms with van der Waals surface area (Å²) < 4.78 is 34.6. The number of rotatable bonds is 7. The number of thiazole rings is 1. The van der Waals surface area contributed by atoms with Gasteiger partial charge >= 0.3 is 0 Å². The summed E-state index contributed by atoms with van der Waals surface area (Å²) in [4.78, 5) is 36.3. The molecule has 3 aliphatic rings. The van der Waals surface area contributed by atoms with Crippen LogP contribution in [0.4, 0.5) is 0 Å². The Balaban J connectivity index is 1.21. The average Bonchev–Trinajstić information content (AvgIpc) is 3.49. The lowest BCUT2D eigenvalue weighted by molar-refractivity contribution is -0.143. The van der Waals surface area contributed by atoms with E-state index in [4.69, 9.17) is 16.3 Å². The molecule has 10 nitrogen and oxygen atoms in total. The van der Waals surface area contributed by atoms with E-state index in [0.29, 0.717) is 54.4 Å². The predicted molar refractivity (Wildman–Crippen MR) is 137 cm³/mol. The molecule has 5 rings (SSSR count). The molecule has 4 heterocycles. The number of amides is 2. The van der Waals surface area contributed by atoms with Crippen molar-refractivity contribution in [1.82, 2.24) is 24.4 Å². The van der Waals surface area contributed by atoms with Gasteiger partial charge in [-0.05, 0) is 43.9 Å². The molecule has 36 heavy (non-hydrogen) atoms. The summed E-state index contributed by atoms with van der Waals surface area (Å²) in [6, 6.07) is 4.22. The van der Waals surface area contributed by atoms with Crippen molar-refractivity contribution in [3.05, 3.63) is 23.2 Å². The summed E-state index contributed by atoms with van der Waals surface area (Å²) >= 11 is 7.02. The molecule has 196 valence electrons. The molecule has 0 unspecified atom stereocenters. The molecule has 2 atom stereocenters. The molecular weight excluding hydrogens is 526 g/mol. The van der Waals surface area contributed by atoms with E-state index in [2.05, 4.69) is 14.6 Å². The highest BCUT2D eigenvalue weighted by Crippen LogP contribution is 2.28. The standard InChI is InChI=1S/C23H30ClN5O5S2/c24-16-5-6-20-19(13-16)25-23(35-20)36(32,33)26-18-4-2-7-28(22(18)31)15-21(30)29-8-1-3-17(29)14-27-9-11-34-12-10-27/h5-6,13,17-18,26H,1-4,7-12,14-15H2/t17-,18-/m0/s1. The van der Waals surface area contributed by atoms with Crippen LogP contribution in [0.3, 0.4) is 0 Å². The molecule has 1 aromatic heterocycles. The highest BCUT2D eigenvalue weighted by Gasteiger charge is 2.37. The van der Waals surface area contributed by atoms with Gasteiger partial charge < -0.3 is 14.5 Å². The van der Waals surface area contributed by atoms with E-state index in [1.165, 1.54) is 4.90 Å². The molecule has 3 aliphatic heterocycles. The van der Waals surface area contributed by atoms with Crippen molar-refractivity contribution < 1.29 is 22.7 Å². The monoisotopic (exact) mass is 555 g/mol. The molecule has 2 amide bonds. The van der Waals surface area contributed by atoms with E-state index in [9.17, 15) is 18.0 Å². The fourth-order valence-electron chi connectivity index (χ4n) is 5.13. The molecule has 2 aromatic rings. The molecule has 0 saturated carbocycles. The number of carbonyl (C=O) groups is 2. The third kappa shape index (κ3) is 5.68. The first kappa shape index (κ1) is 25.8. The number of aromatic nitrogens is 1. The normalized spacial score (nSPS) is 24.1. The van der Waals surface area contributed by atoms with Crippen LogP contribution in [-0.4, -0.2) is 104 Å². The van der Waals surface area contributed by atoms with Crippen molar-refractivity contribution in [3.63, 3.8) is 0 Å². The Kier molecular flexibility index (Phi) is 7.80. The van der Waals surface area contributed by atoms with Crippen molar-refractivity contribution >= 4 is 55.0 Å². The zero-order valence-corrected chi connectivity index (χ0v) is 22.3. The van der Waals surface area contributed by atoms with Crippen molar-refractivity contribution in [1.29, 1.82) is 0 Å². The number of hydrogen-bond donors (Lipinski definition) is 1. The van der Waals surface area contributed by atoms with Crippen LogP contribution in [0.1, 0.15) is 25.7 Å². The van der Waals surface area contributed by atoms with Crippen molar-refractivity contribution in [3.8, 4) is 0 Å². The summed E-state index contributed by atoms with van der Waals surface area (Å²) in [5.74, 6) is -0.447. The fourth-order valence-corrected chi connectivity index (χ4v) is 7.74. The lowest BCUT2D eigenvalue weighted by Crippen LogP contribution is -2.55. The summed E-state index contributed by atoms with van der Waals surface area (Å²) in [5.41, 5.74) is 0.493. The van der Waals surface area contributed by atoms with Crippen molar-refractivity contribution in [2.24, 2.45) is 0 Å². The molecule has 0 aliphatic carbocycles. The van der Waals surface area contributed by atoms with Crippen molar-refractivity contribution in [2.75, 3.05) is 52.5 Å². The number of fused-ring (bicyclic) bond motifs is 1. The highest BCUT2D eigenvalue weighted by atomic mass is 35.5. The van der Waals surface area contributed by atoms with Crippen LogP contribution in [0.15, 0.2) is 22.5 Å². The minimum Gasteiger partial charge on any atom is -0.379 e. The Morgan fingerprint density at radius 3 is 2.75 bits per heavy atom. The van der Waals surface area contributed by atoms with Gasteiger partial charge in [-0.3, -0.25) is 14.5 Å². The first-order valence-corrected chi connectivity index (χ1v) is 14.9. The Hall–Kier alpha value is -1.83. The van der Waals surface area contributed by atoms with Gasteiger partial charge in [0.15, 0.2) is 0 Å². The second-order valence-corrected chi connectivity index (χ2v) is 12.8. The second kappa shape index (κ2) is 10.9. The van der Waals surface area contributed by atoms with Crippen LogP contribution in [0.2, 0.25) is 5.02 Å². The Morgan fingerprint density at radius 2 is 1.94 bits per heavy atom. The largest absolute Gasteiger partial charge is 0.379 e. The zero-order valence-electron chi connectivity index (χ0n) is 19.9. The number of piperidine rings is 1. The van der Waals surface area contributed by atoms with Gasteiger partial charge in [-0.15, -0.1) is 11.3 Å². The summed E-state index contributed by atoms with van der Waals surface area (Å²) in [7, 11) is -4.00. The maximum absolute atomic E-state index is 13.2. The molecule has 3 fully saturated rings. The van der Waals surface area contributed by atoms with Crippen LogP contribution in [-0.2, 0) is 24.3 Å². The maximum Gasteiger partial charge on any atom is 0.268 e. The molecule has 0 bridgehead atoms. The fraction of sp³-hybridized carbons (Fsp3) is 0.609. The summed E-state index contributed by atoms with van der Waals surface area (Å²) in [6.45, 7) is 5.07. The van der Waals surface area contributed by atoms with Gasteiger partial charge in [0.25, 0.3) is 10.0 Å². The number of nitrogens with zero attached hydrogens (tertiary/aromatic N) is 4.